The first-order valence-corrected chi connectivity index (χ1v) is 4.45. The third-order valence-corrected chi connectivity index (χ3v) is 2.97. The molecule has 2 atom stereocenters. The SMILES string of the molecule is CCC1CSC(S)N1. The lowest BCUT2D eigenvalue weighted by Gasteiger charge is -2.04. The molecule has 1 heterocycles. The second kappa shape index (κ2) is 2.99. The van der Waals surface area contributed by atoms with Crippen LogP contribution in [-0.4, -0.2) is 16.5 Å². The fourth-order valence-corrected chi connectivity index (χ4v) is 2.25. The van der Waals surface area contributed by atoms with Gasteiger partial charge in [-0.3, -0.25) is 5.32 Å². The highest BCUT2D eigenvalue weighted by atomic mass is 32.2. The van der Waals surface area contributed by atoms with E-state index in [0.717, 1.165) is 0 Å². The van der Waals surface area contributed by atoms with E-state index in [4.69, 9.17) is 0 Å². The lowest BCUT2D eigenvalue weighted by Crippen LogP contribution is -2.25. The Morgan fingerprint density at radius 3 is 2.88 bits per heavy atom. The first kappa shape index (κ1) is 6.78. The molecule has 0 aliphatic carbocycles. The highest BCUT2D eigenvalue weighted by Gasteiger charge is 2.18. The van der Waals surface area contributed by atoms with Crippen LogP contribution in [0.3, 0.4) is 0 Å². The summed E-state index contributed by atoms with van der Waals surface area (Å²) in [6.07, 6.45) is 1.23. The standard InChI is InChI=1S/C5H11NS2/c1-2-4-3-8-5(7)6-4/h4-7H,2-3H2,1H3. The van der Waals surface area contributed by atoms with Crippen molar-refractivity contribution in [1.82, 2.24) is 5.32 Å². The van der Waals surface area contributed by atoms with Gasteiger partial charge < -0.3 is 0 Å². The minimum atomic E-state index is 0.389. The summed E-state index contributed by atoms with van der Waals surface area (Å²) in [6.45, 7) is 2.20. The van der Waals surface area contributed by atoms with Gasteiger partial charge in [-0.1, -0.05) is 6.92 Å². The molecule has 1 nitrogen and oxygen atoms in total. The van der Waals surface area contributed by atoms with Crippen LogP contribution < -0.4 is 5.32 Å². The van der Waals surface area contributed by atoms with Gasteiger partial charge in [0, 0.05) is 11.8 Å². The van der Waals surface area contributed by atoms with Crippen molar-refractivity contribution in [2.75, 3.05) is 5.75 Å². The molecule has 1 aliphatic rings. The van der Waals surface area contributed by atoms with Crippen molar-refractivity contribution in [2.45, 2.75) is 24.1 Å². The monoisotopic (exact) mass is 149 g/mol. The Kier molecular flexibility index (Phi) is 2.53. The van der Waals surface area contributed by atoms with Crippen molar-refractivity contribution in [3.8, 4) is 0 Å². The summed E-state index contributed by atoms with van der Waals surface area (Å²) >= 11 is 6.14. The van der Waals surface area contributed by atoms with Gasteiger partial charge in [0.05, 0.1) is 4.71 Å². The number of rotatable bonds is 1. The summed E-state index contributed by atoms with van der Waals surface area (Å²) < 4.78 is 0.389. The zero-order valence-electron chi connectivity index (χ0n) is 4.92. The van der Waals surface area contributed by atoms with Gasteiger partial charge in [-0.05, 0) is 6.42 Å². The van der Waals surface area contributed by atoms with Crippen molar-refractivity contribution >= 4 is 24.4 Å². The molecule has 0 bridgehead atoms. The fraction of sp³-hybridized carbons (Fsp3) is 1.00. The van der Waals surface area contributed by atoms with Gasteiger partial charge in [-0.25, -0.2) is 0 Å². The quantitative estimate of drug-likeness (QED) is 0.545. The summed E-state index contributed by atoms with van der Waals surface area (Å²) in [5, 5.41) is 3.33. The molecule has 0 amide bonds. The highest BCUT2D eigenvalue weighted by Crippen LogP contribution is 2.21. The topological polar surface area (TPSA) is 12.0 Å². The number of thioether (sulfide) groups is 1. The van der Waals surface area contributed by atoms with Gasteiger partial charge in [-0.15, -0.1) is 24.4 Å². The largest absolute Gasteiger partial charge is 0.294 e. The zero-order chi connectivity index (χ0) is 5.98. The zero-order valence-corrected chi connectivity index (χ0v) is 6.64. The van der Waals surface area contributed by atoms with Crippen LogP contribution in [0.15, 0.2) is 0 Å². The maximum absolute atomic E-state index is 4.26. The summed E-state index contributed by atoms with van der Waals surface area (Å²) in [5.74, 6) is 1.23. The van der Waals surface area contributed by atoms with Crippen molar-refractivity contribution in [1.29, 1.82) is 0 Å². The maximum atomic E-state index is 4.26. The molecule has 1 fully saturated rings. The van der Waals surface area contributed by atoms with Crippen LogP contribution in [0.1, 0.15) is 13.3 Å². The highest BCUT2D eigenvalue weighted by molar-refractivity contribution is 8.10. The maximum Gasteiger partial charge on any atom is 0.0976 e. The molecule has 0 aromatic heterocycles. The predicted octanol–water partition coefficient (Wildman–Crippen LogP) is 1.31. The molecule has 48 valence electrons. The van der Waals surface area contributed by atoms with Gasteiger partial charge >= 0.3 is 0 Å². The van der Waals surface area contributed by atoms with E-state index in [1.165, 1.54) is 12.2 Å². The summed E-state index contributed by atoms with van der Waals surface area (Å²) in [6, 6.07) is 0.711. The van der Waals surface area contributed by atoms with Crippen molar-refractivity contribution in [3.05, 3.63) is 0 Å². The summed E-state index contributed by atoms with van der Waals surface area (Å²) in [4.78, 5) is 0. The van der Waals surface area contributed by atoms with Crippen molar-refractivity contribution in [3.63, 3.8) is 0 Å². The molecular formula is C5H11NS2. The van der Waals surface area contributed by atoms with E-state index in [2.05, 4.69) is 24.9 Å². The fourth-order valence-electron chi connectivity index (χ4n) is 0.741. The molecule has 0 saturated carbocycles. The first-order chi connectivity index (χ1) is 3.83. The van der Waals surface area contributed by atoms with E-state index in [0.29, 0.717) is 10.7 Å². The smallest absolute Gasteiger partial charge is 0.0976 e. The number of thiol groups is 1. The average molecular weight is 149 g/mol. The van der Waals surface area contributed by atoms with Crippen LogP contribution in [0.4, 0.5) is 0 Å². The minimum absolute atomic E-state index is 0.389. The number of hydrogen-bond acceptors (Lipinski definition) is 3. The van der Waals surface area contributed by atoms with Gasteiger partial charge in [0.2, 0.25) is 0 Å². The van der Waals surface area contributed by atoms with Crippen LogP contribution >= 0.6 is 24.4 Å². The molecule has 8 heavy (non-hydrogen) atoms. The summed E-state index contributed by atoms with van der Waals surface area (Å²) in [7, 11) is 0. The van der Waals surface area contributed by atoms with Gasteiger partial charge in [0.25, 0.3) is 0 Å². The Morgan fingerprint density at radius 2 is 2.62 bits per heavy atom. The third kappa shape index (κ3) is 1.57. The van der Waals surface area contributed by atoms with Crippen molar-refractivity contribution in [2.24, 2.45) is 0 Å². The Hall–Kier alpha value is 0.660. The van der Waals surface area contributed by atoms with Crippen LogP contribution in [0.2, 0.25) is 0 Å². The Balaban J connectivity index is 2.22. The molecule has 0 spiro atoms. The second-order valence-electron chi connectivity index (χ2n) is 1.96. The Bertz CT molecular complexity index is 76.8. The molecule has 0 aromatic carbocycles. The van der Waals surface area contributed by atoms with E-state index < -0.39 is 0 Å². The van der Waals surface area contributed by atoms with E-state index >= 15 is 0 Å². The first-order valence-electron chi connectivity index (χ1n) is 2.88. The van der Waals surface area contributed by atoms with Crippen LogP contribution in [0.25, 0.3) is 0 Å². The molecule has 3 heteroatoms. The minimum Gasteiger partial charge on any atom is -0.294 e. The van der Waals surface area contributed by atoms with Crippen LogP contribution in [0, 0.1) is 0 Å². The van der Waals surface area contributed by atoms with E-state index in [1.54, 1.807) is 0 Å². The number of nitrogens with one attached hydrogen (secondary N) is 1. The molecule has 2 unspecified atom stereocenters. The number of hydrogen-bond donors (Lipinski definition) is 2. The molecule has 0 radical (unpaired) electrons. The molecule has 0 aromatic rings. The molecular weight excluding hydrogens is 138 g/mol. The lowest BCUT2D eigenvalue weighted by molar-refractivity contribution is 0.603. The van der Waals surface area contributed by atoms with E-state index in [-0.39, 0.29) is 0 Å². The predicted molar refractivity (Wildman–Crippen MR) is 42.4 cm³/mol. The molecule has 1 saturated heterocycles. The Morgan fingerprint density at radius 1 is 1.88 bits per heavy atom. The average Bonchev–Trinajstić information content (AvgIpc) is 2.14. The normalized spacial score (nSPS) is 38.2. The Labute approximate surface area is 60.0 Å². The van der Waals surface area contributed by atoms with Gasteiger partial charge in [0.1, 0.15) is 0 Å². The van der Waals surface area contributed by atoms with Crippen LogP contribution in [0.5, 0.6) is 0 Å². The van der Waals surface area contributed by atoms with E-state index in [1.807, 2.05) is 11.8 Å². The van der Waals surface area contributed by atoms with Gasteiger partial charge in [-0.2, -0.15) is 0 Å². The van der Waals surface area contributed by atoms with Gasteiger partial charge in [0.15, 0.2) is 0 Å². The van der Waals surface area contributed by atoms with Crippen LogP contribution in [-0.2, 0) is 0 Å². The second-order valence-corrected chi connectivity index (χ2v) is 3.96. The lowest BCUT2D eigenvalue weighted by atomic mass is 10.3. The molecule has 1 aliphatic heterocycles. The van der Waals surface area contributed by atoms with Crippen molar-refractivity contribution < 1.29 is 0 Å². The van der Waals surface area contributed by atoms with E-state index in [9.17, 15) is 0 Å². The molecule has 1 rings (SSSR count). The molecule has 1 N–H and O–H groups in total. The summed E-state index contributed by atoms with van der Waals surface area (Å²) in [5.41, 5.74) is 0. The third-order valence-electron chi connectivity index (χ3n) is 1.33.